The van der Waals surface area contributed by atoms with Gasteiger partial charge in [-0.1, -0.05) is 50.8 Å². The van der Waals surface area contributed by atoms with Crippen LogP contribution in [0.15, 0.2) is 24.3 Å². The van der Waals surface area contributed by atoms with Crippen LogP contribution < -0.4 is 10.1 Å². The maximum atomic E-state index is 6.24. The van der Waals surface area contributed by atoms with Crippen molar-refractivity contribution in [1.29, 1.82) is 0 Å². The van der Waals surface area contributed by atoms with Crippen LogP contribution in [0.4, 0.5) is 0 Å². The van der Waals surface area contributed by atoms with Crippen LogP contribution in [0.5, 0.6) is 5.75 Å². The third-order valence-electron chi connectivity index (χ3n) is 5.36. The Kier molecular flexibility index (Phi) is 4.30. The highest BCUT2D eigenvalue weighted by molar-refractivity contribution is 5.37. The number of fused-ring (bicyclic) bond motifs is 1. The van der Waals surface area contributed by atoms with E-state index in [4.69, 9.17) is 4.74 Å². The van der Waals surface area contributed by atoms with Crippen molar-refractivity contribution in [1.82, 2.24) is 5.32 Å². The quantitative estimate of drug-likeness (QED) is 0.901. The number of likely N-dealkylation sites (N-methyl/N-ethyl adjacent to an activating group) is 1. The lowest BCUT2D eigenvalue weighted by Crippen LogP contribution is -2.49. The van der Waals surface area contributed by atoms with Gasteiger partial charge in [0.2, 0.25) is 0 Å². The summed E-state index contributed by atoms with van der Waals surface area (Å²) in [6.07, 6.45) is 8.25. The highest BCUT2D eigenvalue weighted by Crippen LogP contribution is 2.38. The van der Waals surface area contributed by atoms with Gasteiger partial charge in [0.05, 0.1) is 0 Å². The lowest BCUT2D eigenvalue weighted by molar-refractivity contribution is 0.0911. The Hall–Kier alpha value is -1.02. The predicted molar refractivity (Wildman–Crippen MR) is 83.1 cm³/mol. The number of hydrogen-bond acceptors (Lipinski definition) is 2. The molecule has 0 spiro atoms. The minimum Gasteiger partial charge on any atom is -0.488 e. The maximum Gasteiger partial charge on any atom is 0.123 e. The van der Waals surface area contributed by atoms with E-state index in [1.165, 1.54) is 37.7 Å². The number of nitrogens with one attached hydrogen (secondary N) is 1. The van der Waals surface area contributed by atoms with Crippen molar-refractivity contribution in [2.45, 2.75) is 57.6 Å². The van der Waals surface area contributed by atoms with Gasteiger partial charge >= 0.3 is 0 Å². The summed E-state index contributed by atoms with van der Waals surface area (Å²) in [7, 11) is 2.11. The lowest BCUT2D eigenvalue weighted by atomic mass is 9.72. The van der Waals surface area contributed by atoms with E-state index in [0.29, 0.717) is 12.1 Å². The van der Waals surface area contributed by atoms with Gasteiger partial charge in [0.15, 0.2) is 0 Å². The summed E-state index contributed by atoms with van der Waals surface area (Å²) in [6, 6.07) is 9.01. The molecule has 20 heavy (non-hydrogen) atoms. The summed E-state index contributed by atoms with van der Waals surface area (Å²) in [5.74, 6) is 2.74. The Morgan fingerprint density at radius 1 is 1.25 bits per heavy atom. The van der Waals surface area contributed by atoms with Gasteiger partial charge in [0.1, 0.15) is 11.9 Å². The average molecular weight is 273 g/mol. The van der Waals surface area contributed by atoms with Gasteiger partial charge in [-0.05, 0) is 36.9 Å². The van der Waals surface area contributed by atoms with E-state index in [1.54, 1.807) is 0 Å². The summed E-state index contributed by atoms with van der Waals surface area (Å²) in [4.78, 5) is 0. The Balaban J connectivity index is 1.74. The molecule has 1 saturated carbocycles. The zero-order valence-corrected chi connectivity index (χ0v) is 12.8. The first kappa shape index (κ1) is 13.9. The molecule has 0 aromatic heterocycles. The minimum absolute atomic E-state index is 0.314. The van der Waals surface area contributed by atoms with Crippen molar-refractivity contribution in [2.24, 2.45) is 11.8 Å². The zero-order valence-electron chi connectivity index (χ0n) is 12.8. The standard InChI is InChI=1S/C18H27NO/c1-3-13-8-4-6-10-15(13)18(19-2)17-12-14-9-5-7-11-16(14)20-17/h5,7,9,11,13,15,17-19H,3-4,6,8,10,12H2,1-2H3. The third kappa shape index (κ3) is 2.58. The molecule has 4 atom stereocenters. The minimum atomic E-state index is 0.314. The Bertz CT molecular complexity index is 420. The summed E-state index contributed by atoms with van der Waals surface area (Å²) < 4.78 is 6.24. The van der Waals surface area contributed by atoms with Gasteiger partial charge in [-0.25, -0.2) is 0 Å². The van der Waals surface area contributed by atoms with Crippen LogP contribution in [0.1, 0.15) is 44.6 Å². The van der Waals surface area contributed by atoms with Gasteiger partial charge in [-0.15, -0.1) is 0 Å². The van der Waals surface area contributed by atoms with E-state index in [0.717, 1.165) is 24.0 Å². The molecule has 110 valence electrons. The molecule has 0 radical (unpaired) electrons. The molecule has 2 heteroatoms. The van der Waals surface area contributed by atoms with Crippen molar-refractivity contribution < 1.29 is 4.74 Å². The molecule has 1 aliphatic carbocycles. The fourth-order valence-corrected chi connectivity index (χ4v) is 4.30. The molecule has 4 unspecified atom stereocenters. The first-order valence-electron chi connectivity index (χ1n) is 8.25. The van der Waals surface area contributed by atoms with Crippen LogP contribution in [-0.2, 0) is 6.42 Å². The Morgan fingerprint density at radius 3 is 2.80 bits per heavy atom. The van der Waals surface area contributed by atoms with Gasteiger partial charge in [-0.3, -0.25) is 0 Å². The predicted octanol–water partition coefficient (Wildman–Crippen LogP) is 3.79. The molecule has 0 amide bonds. The largest absolute Gasteiger partial charge is 0.488 e. The molecular weight excluding hydrogens is 246 g/mol. The third-order valence-corrected chi connectivity index (χ3v) is 5.36. The monoisotopic (exact) mass is 273 g/mol. The molecule has 0 saturated heterocycles. The van der Waals surface area contributed by atoms with E-state index in [2.05, 4.69) is 43.6 Å². The van der Waals surface area contributed by atoms with E-state index >= 15 is 0 Å². The molecule has 0 bridgehead atoms. The summed E-state index contributed by atoms with van der Waals surface area (Å²) in [5.41, 5.74) is 1.38. The van der Waals surface area contributed by atoms with Crippen molar-refractivity contribution in [3.05, 3.63) is 29.8 Å². The van der Waals surface area contributed by atoms with Crippen molar-refractivity contribution in [3.8, 4) is 5.75 Å². The highest BCUT2D eigenvalue weighted by Gasteiger charge is 2.38. The summed E-state index contributed by atoms with van der Waals surface area (Å²) >= 11 is 0. The molecule has 1 aromatic rings. The van der Waals surface area contributed by atoms with Crippen molar-refractivity contribution in [2.75, 3.05) is 7.05 Å². The number of rotatable bonds is 4. The van der Waals surface area contributed by atoms with E-state index in [9.17, 15) is 0 Å². The maximum absolute atomic E-state index is 6.24. The Labute approximate surface area is 122 Å². The molecule has 1 aliphatic heterocycles. The van der Waals surface area contributed by atoms with Crippen LogP contribution in [0.3, 0.4) is 0 Å². The second-order valence-corrected chi connectivity index (χ2v) is 6.40. The first-order chi connectivity index (χ1) is 9.83. The van der Waals surface area contributed by atoms with Crippen LogP contribution in [-0.4, -0.2) is 19.2 Å². The number of ether oxygens (including phenoxy) is 1. The molecule has 1 aromatic carbocycles. The van der Waals surface area contributed by atoms with Crippen LogP contribution in [0, 0.1) is 11.8 Å². The second-order valence-electron chi connectivity index (χ2n) is 6.40. The molecule has 3 rings (SSSR count). The van der Waals surface area contributed by atoms with Crippen LogP contribution in [0.2, 0.25) is 0 Å². The Morgan fingerprint density at radius 2 is 2.05 bits per heavy atom. The highest BCUT2D eigenvalue weighted by atomic mass is 16.5. The first-order valence-corrected chi connectivity index (χ1v) is 8.25. The number of benzene rings is 1. The van der Waals surface area contributed by atoms with Crippen LogP contribution in [0.25, 0.3) is 0 Å². The van der Waals surface area contributed by atoms with Gasteiger partial charge in [0, 0.05) is 12.5 Å². The number of para-hydroxylation sites is 1. The smallest absolute Gasteiger partial charge is 0.123 e. The number of hydrogen-bond donors (Lipinski definition) is 1. The summed E-state index contributed by atoms with van der Waals surface area (Å²) in [5, 5.41) is 3.59. The normalized spacial score (nSPS) is 30.6. The van der Waals surface area contributed by atoms with E-state index in [-0.39, 0.29) is 0 Å². The van der Waals surface area contributed by atoms with Crippen LogP contribution >= 0.6 is 0 Å². The average Bonchev–Trinajstić information content (AvgIpc) is 2.92. The fourth-order valence-electron chi connectivity index (χ4n) is 4.30. The molecule has 1 fully saturated rings. The molecule has 1 heterocycles. The molecule has 2 aliphatic rings. The van der Waals surface area contributed by atoms with Gasteiger partial charge in [-0.2, -0.15) is 0 Å². The SMILES string of the molecule is CCC1CCCCC1C(NC)C1Cc2ccccc2O1. The van der Waals surface area contributed by atoms with Crippen molar-refractivity contribution in [3.63, 3.8) is 0 Å². The van der Waals surface area contributed by atoms with Gasteiger partial charge in [0.25, 0.3) is 0 Å². The topological polar surface area (TPSA) is 21.3 Å². The van der Waals surface area contributed by atoms with Crippen molar-refractivity contribution >= 4 is 0 Å². The lowest BCUT2D eigenvalue weighted by Gasteiger charge is -2.39. The van der Waals surface area contributed by atoms with Gasteiger partial charge < -0.3 is 10.1 Å². The molecule has 1 N–H and O–H groups in total. The van der Waals surface area contributed by atoms with E-state index in [1.807, 2.05) is 0 Å². The second kappa shape index (κ2) is 6.17. The summed E-state index contributed by atoms with van der Waals surface area (Å²) in [6.45, 7) is 2.35. The zero-order chi connectivity index (χ0) is 13.9. The molecule has 2 nitrogen and oxygen atoms in total. The fraction of sp³-hybridized carbons (Fsp3) is 0.667. The van der Waals surface area contributed by atoms with E-state index < -0.39 is 0 Å². The molecular formula is C18H27NO.